The molecule has 1 aromatic carbocycles. The van der Waals surface area contributed by atoms with Crippen LogP contribution in [-0.4, -0.2) is 62.2 Å². The van der Waals surface area contributed by atoms with Gasteiger partial charge in [-0.25, -0.2) is 12.7 Å². The van der Waals surface area contributed by atoms with Gasteiger partial charge in [0.25, 0.3) is 0 Å². The lowest BCUT2D eigenvalue weighted by Crippen LogP contribution is -2.40. The van der Waals surface area contributed by atoms with Gasteiger partial charge in [0.2, 0.25) is 10.0 Å². The summed E-state index contributed by atoms with van der Waals surface area (Å²) in [5.41, 5.74) is 7.00. The van der Waals surface area contributed by atoms with Crippen molar-refractivity contribution in [2.75, 3.05) is 43.5 Å². The van der Waals surface area contributed by atoms with Crippen LogP contribution >= 0.6 is 35.7 Å². The van der Waals surface area contributed by atoms with Gasteiger partial charge in [-0.1, -0.05) is 18.2 Å². The van der Waals surface area contributed by atoms with E-state index in [0.717, 1.165) is 29.2 Å². The van der Waals surface area contributed by atoms with Gasteiger partial charge in [-0.05, 0) is 6.07 Å². The lowest BCUT2D eigenvalue weighted by molar-refractivity contribution is 0.262. The van der Waals surface area contributed by atoms with Gasteiger partial charge < -0.3 is 15.8 Å². The summed E-state index contributed by atoms with van der Waals surface area (Å²) in [5.74, 6) is 2.82. The Kier molecular flexibility index (Phi) is 8.30. The van der Waals surface area contributed by atoms with E-state index in [1.807, 2.05) is 24.3 Å². The number of fused-ring (bicyclic) bond motifs is 1. The van der Waals surface area contributed by atoms with E-state index in [2.05, 4.69) is 10.3 Å². The van der Waals surface area contributed by atoms with E-state index in [0.29, 0.717) is 19.7 Å². The summed E-state index contributed by atoms with van der Waals surface area (Å²) in [4.78, 5) is 4.20. The molecule has 0 bridgehead atoms. The standard InChI is InChI=1S/C16H24N4O3S2.HI/c17-16(18-6-12-25(21,22)20-7-10-24-11-8-20)19-14-5-9-23-15-4-2-1-3-13(14)15;/h1-4,14H,5-12H2,(H3,17,18,19);1H. The molecule has 146 valence electrons. The number of hydrogen-bond acceptors (Lipinski definition) is 5. The molecule has 1 unspecified atom stereocenters. The highest BCUT2D eigenvalue weighted by Crippen LogP contribution is 2.31. The molecule has 2 heterocycles. The number of nitrogens with two attached hydrogens (primary N) is 1. The van der Waals surface area contributed by atoms with Gasteiger partial charge in [-0.15, -0.1) is 24.0 Å². The molecule has 0 radical (unpaired) electrons. The highest BCUT2D eigenvalue weighted by molar-refractivity contribution is 14.0. The van der Waals surface area contributed by atoms with Gasteiger partial charge in [0.05, 0.1) is 24.9 Å². The van der Waals surface area contributed by atoms with Crippen molar-refractivity contribution in [2.24, 2.45) is 10.7 Å². The molecule has 0 spiro atoms. The highest BCUT2D eigenvalue weighted by Gasteiger charge is 2.24. The minimum atomic E-state index is -3.25. The lowest BCUT2D eigenvalue weighted by Gasteiger charge is -2.27. The monoisotopic (exact) mass is 512 g/mol. The largest absolute Gasteiger partial charge is 0.493 e. The number of ether oxygens (including phenoxy) is 1. The molecule has 3 N–H and O–H groups in total. The number of benzene rings is 1. The summed E-state index contributed by atoms with van der Waals surface area (Å²) in [6, 6.07) is 7.85. The Labute approximate surface area is 176 Å². The average molecular weight is 512 g/mol. The van der Waals surface area contributed by atoms with E-state index in [-0.39, 0.29) is 48.3 Å². The second kappa shape index (κ2) is 10.00. The van der Waals surface area contributed by atoms with Crippen molar-refractivity contribution in [2.45, 2.75) is 12.5 Å². The van der Waals surface area contributed by atoms with Crippen LogP contribution in [0.5, 0.6) is 5.75 Å². The van der Waals surface area contributed by atoms with Crippen molar-refractivity contribution in [1.29, 1.82) is 0 Å². The molecular weight excluding hydrogens is 487 g/mol. The molecule has 0 amide bonds. The number of rotatable bonds is 5. The van der Waals surface area contributed by atoms with Gasteiger partial charge >= 0.3 is 0 Å². The third-order valence-corrected chi connectivity index (χ3v) is 7.07. The van der Waals surface area contributed by atoms with Gasteiger partial charge in [0.15, 0.2) is 5.96 Å². The SMILES string of the molecule is I.NC(=NCCS(=O)(=O)N1CCSCC1)NC1CCOc2ccccc21. The number of hydrogen-bond donors (Lipinski definition) is 2. The van der Waals surface area contributed by atoms with Crippen LogP contribution in [0.1, 0.15) is 18.0 Å². The maximum Gasteiger partial charge on any atom is 0.215 e. The molecule has 1 aromatic rings. The molecule has 1 saturated heterocycles. The first-order valence-corrected chi connectivity index (χ1v) is 11.2. The van der Waals surface area contributed by atoms with E-state index in [4.69, 9.17) is 10.5 Å². The predicted molar refractivity (Wildman–Crippen MR) is 117 cm³/mol. The zero-order valence-electron chi connectivity index (χ0n) is 14.5. The van der Waals surface area contributed by atoms with Crippen LogP contribution in [0.2, 0.25) is 0 Å². The van der Waals surface area contributed by atoms with E-state index in [1.165, 1.54) is 0 Å². The third kappa shape index (κ3) is 5.64. The van der Waals surface area contributed by atoms with Gasteiger partial charge in [-0.2, -0.15) is 11.8 Å². The van der Waals surface area contributed by atoms with Crippen LogP contribution in [0.3, 0.4) is 0 Å². The molecule has 3 rings (SSSR count). The number of halogens is 1. The Morgan fingerprint density at radius 3 is 2.85 bits per heavy atom. The number of aliphatic imine (C=N–C) groups is 1. The predicted octanol–water partition coefficient (Wildman–Crippen LogP) is 1.41. The maximum absolute atomic E-state index is 12.3. The molecule has 26 heavy (non-hydrogen) atoms. The van der Waals surface area contributed by atoms with Crippen LogP contribution in [-0.2, 0) is 10.0 Å². The minimum Gasteiger partial charge on any atom is -0.493 e. The van der Waals surface area contributed by atoms with E-state index < -0.39 is 10.0 Å². The van der Waals surface area contributed by atoms with E-state index in [1.54, 1.807) is 16.1 Å². The quantitative estimate of drug-likeness (QED) is 0.352. The maximum atomic E-state index is 12.3. The molecular formula is C16H25IN4O3S2. The fourth-order valence-electron chi connectivity index (χ4n) is 2.95. The summed E-state index contributed by atoms with van der Waals surface area (Å²) in [6.45, 7) is 1.95. The fourth-order valence-corrected chi connectivity index (χ4v) is 5.40. The van der Waals surface area contributed by atoms with Crippen molar-refractivity contribution in [1.82, 2.24) is 9.62 Å². The summed E-state index contributed by atoms with van der Waals surface area (Å²) >= 11 is 1.78. The van der Waals surface area contributed by atoms with E-state index >= 15 is 0 Å². The van der Waals surface area contributed by atoms with Crippen molar-refractivity contribution in [3.8, 4) is 5.75 Å². The molecule has 2 aliphatic heterocycles. The van der Waals surface area contributed by atoms with E-state index in [9.17, 15) is 8.42 Å². The van der Waals surface area contributed by atoms with Crippen molar-refractivity contribution >= 4 is 51.7 Å². The van der Waals surface area contributed by atoms with Crippen molar-refractivity contribution in [3.63, 3.8) is 0 Å². The molecule has 0 saturated carbocycles. The smallest absolute Gasteiger partial charge is 0.215 e. The first-order valence-electron chi connectivity index (χ1n) is 8.40. The second-order valence-electron chi connectivity index (χ2n) is 5.97. The number of para-hydroxylation sites is 1. The third-order valence-electron chi connectivity index (χ3n) is 4.28. The number of nitrogens with one attached hydrogen (secondary N) is 1. The van der Waals surface area contributed by atoms with Gasteiger partial charge in [-0.3, -0.25) is 4.99 Å². The van der Waals surface area contributed by atoms with Crippen molar-refractivity contribution in [3.05, 3.63) is 29.8 Å². The average Bonchev–Trinajstić information content (AvgIpc) is 2.63. The summed E-state index contributed by atoms with van der Waals surface area (Å²) in [6.07, 6.45) is 0.789. The van der Waals surface area contributed by atoms with Crippen LogP contribution < -0.4 is 15.8 Å². The topological polar surface area (TPSA) is 97.0 Å². The van der Waals surface area contributed by atoms with Gasteiger partial charge in [0, 0.05) is 36.6 Å². The zero-order chi connectivity index (χ0) is 17.7. The minimum absolute atomic E-state index is 0. The van der Waals surface area contributed by atoms with Crippen LogP contribution in [0, 0.1) is 0 Å². The Hall–Kier alpha value is -0.720. The van der Waals surface area contributed by atoms with Crippen molar-refractivity contribution < 1.29 is 13.2 Å². The Morgan fingerprint density at radius 1 is 1.35 bits per heavy atom. The van der Waals surface area contributed by atoms with Crippen LogP contribution in [0.4, 0.5) is 0 Å². The highest BCUT2D eigenvalue weighted by atomic mass is 127. The first-order chi connectivity index (χ1) is 12.1. The number of guanidine groups is 1. The molecule has 10 heteroatoms. The normalized spacial score (nSPS) is 21.2. The molecule has 0 aromatic heterocycles. The summed E-state index contributed by atoms with van der Waals surface area (Å²) in [5, 5.41) is 3.18. The molecule has 7 nitrogen and oxygen atoms in total. The Balaban J connectivity index is 0.00000243. The number of sulfonamides is 1. The second-order valence-corrected chi connectivity index (χ2v) is 9.28. The lowest BCUT2D eigenvalue weighted by atomic mass is 10.0. The summed E-state index contributed by atoms with van der Waals surface area (Å²) in [7, 11) is -3.25. The number of nitrogens with zero attached hydrogens (tertiary/aromatic N) is 2. The number of thioether (sulfide) groups is 1. The van der Waals surface area contributed by atoms with Gasteiger partial charge in [0.1, 0.15) is 5.75 Å². The zero-order valence-corrected chi connectivity index (χ0v) is 18.4. The first kappa shape index (κ1) is 21.6. The fraction of sp³-hybridized carbons (Fsp3) is 0.562. The Morgan fingerprint density at radius 2 is 2.08 bits per heavy atom. The summed E-state index contributed by atoms with van der Waals surface area (Å²) < 4.78 is 31.8. The van der Waals surface area contributed by atoms with Crippen LogP contribution in [0.25, 0.3) is 0 Å². The molecule has 0 aliphatic carbocycles. The molecule has 2 aliphatic rings. The van der Waals surface area contributed by atoms with Crippen LogP contribution in [0.15, 0.2) is 29.3 Å². The molecule has 1 atom stereocenters. The Bertz CT molecular complexity index is 724. The molecule has 1 fully saturated rings.